The molecule has 20 heavy (non-hydrogen) atoms. The van der Waals surface area contributed by atoms with Crippen molar-refractivity contribution < 1.29 is 0 Å². The molecule has 0 heterocycles. The van der Waals surface area contributed by atoms with Gasteiger partial charge in [-0.2, -0.15) is 0 Å². The third kappa shape index (κ3) is 4.02. The molecule has 3 rings (SSSR count). The van der Waals surface area contributed by atoms with Gasteiger partial charge in [0.25, 0.3) is 0 Å². The molecule has 0 spiro atoms. The second-order valence-electron chi connectivity index (χ2n) is 5.18. The Hall–Kier alpha value is -0.960. The van der Waals surface area contributed by atoms with E-state index in [2.05, 4.69) is 47.8 Å². The van der Waals surface area contributed by atoms with E-state index >= 15 is 0 Å². The summed E-state index contributed by atoms with van der Waals surface area (Å²) in [4.78, 5) is 1.29. The van der Waals surface area contributed by atoms with E-state index in [1.807, 2.05) is 17.8 Å². The van der Waals surface area contributed by atoms with E-state index in [1.54, 1.807) is 0 Å². The van der Waals surface area contributed by atoms with Crippen molar-refractivity contribution in [2.75, 3.05) is 0 Å². The molecule has 2 aromatic rings. The fourth-order valence-corrected chi connectivity index (χ4v) is 3.37. The molecular formula is C17H18ClNS. The zero-order valence-electron chi connectivity index (χ0n) is 11.3. The summed E-state index contributed by atoms with van der Waals surface area (Å²) in [5, 5.41) is 4.39. The number of hydrogen-bond acceptors (Lipinski definition) is 2. The maximum Gasteiger partial charge on any atom is 0.0417 e. The van der Waals surface area contributed by atoms with Crippen LogP contribution in [0.4, 0.5) is 0 Å². The quantitative estimate of drug-likeness (QED) is 0.763. The Balaban J connectivity index is 1.67. The average Bonchev–Trinajstić information content (AvgIpc) is 3.29. The maximum atomic E-state index is 6.14. The van der Waals surface area contributed by atoms with Crippen molar-refractivity contribution >= 4 is 23.4 Å². The van der Waals surface area contributed by atoms with Crippen LogP contribution in [-0.2, 0) is 12.3 Å². The summed E-state index contributed by atoms with van der Waals surface area (Å²) in [6, 6.07) is 17.5. The lowest BCUT2D eigenvalue weighted by molar-refractivity contribution is 0.680. The van der Waals surface area contributed by atoms with Crippen LogP contribution >= 0.6 is 23.4 Å². The van der Waals surface area contributed by atoms with Gasteiger partial charge in [-0.15, -0.1) is 11.8 Å². The molecule has 0 atom stereocenters. The highest BCUT2D eigenvalue weighted by Gasteiger charge is 2.20. The second kappa shape index (κ2) is 6.66. The van der Waals surface area contributed by atoms with Crippen molar-refractivity contribution in [3.05, 3.63) is 64.7 Å². The molecule has 0 unspecified atom stereocenters. The van der Waals surface area contributed by atoms with Crippen LogP contribution in [0.5, 0.6) is 0 Å². The van der Waals surface area contributed by atoms with Crippen LogP contribution in [-0.4, -0.2) is 6.04 Å². The van der Waals surface area contributed by atoms with Crippen LogP contribution in [0.2, 0.25) is 5.02 Å². The first-order chi connectivity index (χ1) is 9.81. The lowest BCUT2D eigenvalue weighted by Gasteiger charge is -2.11. The van der Waals surface area contributed by atoms with E-state index in [0.29, 0.717) is 0 Å². The van der Waals surface area contributed by atoms with Gasteiger partial charge in [-0.25, -0.2) is 0 Å². The van der Waals surface area contributed by atoms with Crippen LogP contribution in [0.1, 0.15) is 24.0 Å². The summed E-state index contributed by atoms with van der Waals surface area (Å²) in [5.41, 5.74) is 2.70. The number of thioether (sulfide) groups is 1. The largest absolute Gasteiger partial charge is 0.310 e. The zero-order chi connectivity index (χ0) is 13.8. The third-order valence-electron chi connectivity index (χ3n) is 3.42. The van der Waals surface area contributed by atoms with Crippen LogP contribution in [0.15, 0.2) is 53.4 Å². The van der Waals surface area contributed by atoms with Crippen molar-refractivity contribution in [3.8, 4) is 0 Å². The molecule has 0 radical (unpaired) electrons. The Morgan fingerprint density at radius 1 is 1.10 bits per heavy atom. The standard InChI is InChI=1S/C17H18ClNS/c18-15-7-6-14(11-19-16-8-9-16)17(10-15)20-12-13-4-2-1-3-5-13/h1-7,10,16,19H,8-9,11-12H2. The summed E-state index contributed by atoms with van der Waals surface area (Å²) in [5.74, 6) is 0.984. The molecule has 1 N–H and O–H groups in total. The predicted octanol–water partition coefficient (Wildman–Crippen LogP) is 4.88. The predicted molar refractivity (Wildman–Crippen MR) is 87.3 cm³/mol. The Morgan fingerprint density at radius 3 is 2.65 bits per heavy atom. The van der Waals surface area contributed by atoms with Gasteiger partial charge in [0.15, 0.2) is 0 Å². The highest BCUT2D eigenvalue weighted by Crippen LogP contribution is 2.30. The minimum absolute atomic E-state index is 0.734. The Labute approximate surface area is 129 Å². The van der Waals surface area contributed by atoms with E-state index in [4.69, 9.17) is 11.6 Å². The molecule has 0 aromatic heterocycles. The lowest BCUT2D eigenvalue weighted by atomic mass is 10.2. The SMILES string of the molecule is Clc1ccc(CNC2CC2)c(SCc2ccccc2)c1. The summed E-state index contributed by atoms with van der Waals surface area (Å²) < 4.78 is 0. The van der Waals surface area contributed by atoms with Gasteiger partial charge in [0.1, 0.15) is 0 Å². The molecule has 1 saturated carbocycles. The Kier molecular flexibility index (Phi) is 4.66. The normalized spacial score (nSPS) is 14.4. The minimum Gasteiger partial charge on any atom is -0.310 e. The monoisotopic (exact) mass is 303 g/mol. The van der Waals surface area contributed by atoms with E-state index in [-0.39, 0.29) is 0 Å². The number of rotatable bonds is 6. The molecular weight excluding hydrogens is 286 g/mol. The molecule has 1 nitrogen and oxygen atoms in total. The van der Waals surface area contributed by atoms with Gasteiger partial charge < -0.3 is 5.32 Å². The highest BCUT2D eigenvalue weighted by molar-refractivity contribution is 7.98. The van der Waals surface area contributed by atoms with Gasteiger partial charge >= 0.3 is 0 Å². The lowest BCUT2D eigenvalue weighted by Crippen LogP contribution is -2.15. The number of hydrogen-bond donors (Lipinski definition) is 1. The first-order valence-corrected chi connectivity index (χ1v) is 8.36. The van der Waals surface area contributed by atoms with Gasteiger partial charge in [-0.05, 0) is 36.1 Å². The average molecular weight is 304 g/mol. The second-order valence-corrected chi connectivity index (χ2v) is 6.64. The molecule has 0 saturated heterocycles. The van der Waals surface area contributed by atoms with E-state index in [0.717, 1.165) is 23.4 Å². The molecule has 0 aliphatic heterocycles. The van der Waals surface area contributed by atoms with Crippen molar-refractivity contribution in [3.63, 3.8) is 0 Å². The first-order valence-electron chi connectivity index (χ1n) is 7.00. The first kappa shape index (κ1) is 14.0. The third-order valence-corrected chi connectivity index (χ3v) is 4.83. The van der Waals surface area contributed by atoms with Gasteiger partial charge in [-0.1, -0.05) is 48.0 Å². The molecule has 3 heteroatoms. The van der Waals surface area contributed by atoms with Gasteiger partial charge in [-0.3, -0.25) is 0 Å². The Morgan fingerprint density at radius 2 is 1.90 bits per heavy atom. The molecule has 0 bridgehead atoms. The fourth-order valence-electron chi connectivity index (χ4n) is 2.09. The Bertz CT molecular complexity index is 566. The molecule has 1 fully saturated rings. The van der Waals surface area contributed by atoms with Gasteiger partial charge in [0, 0.05) is 28.3 Å². The zero-order valence-corrected chi connectivity index (χ0v) is 12.9. The molecule has 104 valence electrons. The summed E-state index contributed by atoms with van der Waals surface area (Å²) in [6.07, 6.45) is 2.64. The van der Waals surface area contributed by atoms with Gasteiger partial charge in [0.2, 0.25) is 0 Å². The van der Waals surface area contributed by atoms with Crippen LogP contribution in [0.25, 0.3) is 0 Å². The summed E-state index contributed by atoms with van der Waals surface area (Å²) in [6.45, 7) is 0.943. The minimum atomic E-state index is 0.734. The molecule has 0 amide bonds. The summed E-state index contributed by atoms with van der Waals surface area (Å²) >= 11 is 8.00. The van der Waals surface area contributed by atoms with Crippen LogP contribution in [0, 0.1) is 0 Å². The fraction of sp³-hybridized carbons (Fsp3) is 0.294. The molecule has 1 aliphatic carbocycles. The van der Waals surface area contributed by atoms with Crippen molar-refractivity contribution in [1.82, 2.24) is 5.32 Å². The van der Waals surface area contributed by atoms with E-state index in [1.165, 1.54) is 28.9 Å². The molecule has 1 aliphatic rings. The smallest absolute Gasteiger partial charge is 0.0417 e. The highest BCUT2D eigenvalue weighted by atomic mass is 35.5. The topological polar surface area (TPSA) is 12.0 Å². The summed E-state index contributed by atoms with van der Waals surface area (Å²) in [7, 11) is 0. The van der Waals surface area contributed by atoms with E-state index < -0.39 is 0 Å². The van der Waals surface area contributed by atoms with Crippen molar-refractivity contribution in [1.29, 1.82) is 0 Å². The van der Waals surface area contributed by atoms with Crippen LogP contribution in [0.3, 0.4) is 0 Å². The number of nitrogens with one attached hydrogen (secondary N) is 1. The van der Waals surface area contributed by atoms with Crippen LogP contribution < -0.4 is 5.32 Å². The number of benzene rings is 2. The van der Waals surface area contributed by atoms with Crippen molar-refractivity contribution in [2.45, 2.75) is 36.1 Å². The van der Waals surface area contributed by atoms with E-state index in [9.17, 15) is 0 Å². The number of halogens is 1. The molecule has 2 aromatic carbocycles. The van der Waals surface area contributed by atoms with Crippen molar-refractivity contribution in [2.24, 2.45) is 0 Å². The maximum absolute atomic E-state index is 6.14. The van der Waals surface area contributed by atoms with Gasteiger partial charge in [0.05, 0.1) is 0 Å².